The van der Waals surface area contributed by atoms with Crippen LogP contribution in [0.3, 0.4) is 0 Å². The molecule has 4 heterocycles. The number of anilines is 2. The first-order valence-electron chi connectivity index (χ1n) is 22.8. The van der Waals surface area contributed by atoms with Gasteiger partial charge in [0, 0.05) is 74.8 Å². The second-order valence-electron chi connectivity index (χ2n) is 17.7. The minimum atomic E-state index is -1.04. The molecule has 0 bridgehead atoms. The standard InChI is InChI=1S/C49H55ClFN7O7/c1-3-5-34(65-42-27-33(13-14-38(42)50)54-46(61)29(2)30-8-10-31(11-9-30)35-19-21-52-39-15-12-32(51)26-37(35)39)18-20-53-44(60)28-56-22-24-57(25-23-56)40-7-4-6-36-45(40)49(64)58(48(36)63)41-16-17-43(59)55-47(41)62/h4,6-7,12-15,19,21,26-27,29-31,34,41H,3,5,8-11,16-18,20,22-25,28H2,1-2H3,(H,53,60)(H,54,61)(H,55,59,62)/t29-,30?,31?,34?,41?/m1/s1. The van der Waals surface area contributed by atoms with E-state index in [1.54, 1.807) is 54.7 Å². The van der Waals surface area contributed by atoms with Crippen molar-refractivity contribution in [2.75, 3.05) is 49.5 Å². The van der Waals surface area contributed by atoms with Gasteiger partial charge in [-0.15, -0.1) is 0 Å². The Balaban J connectivity index is 0.786. The quantitative estimate of drug-likeness (QED) is 0.107. The van der Waals surface area contributed by atoms with Crippen LogP contribution in [0, 0.1) is 17.7 Å². The monoisotopic (exact) mass is 907 g/mol. The molecule has 6 amide bonds. The Hall–Kier alpha value is -5.93. The van der Waals surface area contributed by atoms with Gasteiger partial charge in [0.05, 0.1) is 33.9 Å². The first-order valence-corrected chi connectivity index (χ1v) is 23.2. The Morgan fingerprint density at radius 3 is 2.48 bits per heavy atom. The van der Waals surface area contributed by atoms with Crippen molar-refractivity contribution in [1.29, 1.82) is 0 Å². The molecular formula is C49H55ClFN7O7. The summed E-state index contributed by atoms with van der Waals surface area (Å²) in [6, 6.07) is 16.0. The highest BCUT2D eigenvalue weighted by Crippen LogP contribution is 2.41. The summed E-state index contributed by atoms with van der Waals surface area (Å²) >= 11 is 6.60. The van der Waals surface area contributed by atoms with Gasteiger partial charge < -0.3 is 20.3 Å². The molecule has 3 N–H and O–H groups in total. The number of amides is 6. The van der Waals surface area contributed by atoms with Gasteiger partial charge >= 0.3 is 0 Å². The molecule has 4 aromatic rings. The SMILES string of the molecule is CCCC(CCNC(=O)CN1CCN(c2cccc3c2C(=O)N(C2CCC(=O)NC2=O)C3=O)CC1)Oc1cc(NC(=O)[C@H](C)C2CCC(c3ccnc4ccc(F)cc34)CC2)ccc1Cl. The molecule has 65 heavy (non-hydrogen) atoms. The molecule has 342 valence electrons. The number of fused-ring (bicyclic) bond motifs is 2. The number of pyridine rings is 1. The molecule has 2 saturated heterocycles. The molecule has 3 fully saturated rings. The highest BCUT2D eigenvalue weighted by atomic mass is 35.5. The van der Waals surface area contributed by atoms with E-state index >= 15 is 0 Å². The fourth-order valence-electron chi connectivity index (χ4n) is 9.87. The molecule has 1 aliphatic carbocycles. The van der Waals surface area contributed by atoms with Gasteiger partial charge in [-0.25, -0.2) is 4.39 Å². The highest BCUT2D eigenvalue weighted by molar-refractivity contribution is 6.32. The van der Waals surface area contributed by atoms with E-state index in [4.69, 9.17) is 16.3 Å². The van der Waals surface area contributed by atoms with Crippen LogP contribution >= 0.6 is 11.6 Å². The molecule has 0 spiro atoms. The molecule has 2 unspecified atom stereocenters. The smallest absolute Gasteiger partial charge is 0.264 e. The fraction of sp³-hybridized carbons (Fsp3) is 0.449. The number of imide groups is 2. The van der Waals surface area contributed by atoms with Gasteiger partial charge in [-0.2, -0.15) is 0 Å². The summed E-state index contributed by atoms with van der Waals surface area (Å²) in [7, 11) is 0. The second-order valence-corrected chi connectivity index (χ2v) is 18.1. The van der Waals surface area contributed by atoms with Gasteiger partial charge in [-0.1, -0.05) is 37.9 Å². The number of hydrogen-bond acceptors (Lipinski definition) is 10. The summed E-state index contributed by atoms with van der Waals surface area (Å²) in [6.45, 7) is 6.76. The summed E-state index contributed by atoms with van der Waals surface area (Å²) in [5.41, 5.74) is 3.60. The molecule has 3 aromatic carbocycles. The van der Waals surface area contributed by atoms with Gasteiger partial charge in [-0.05, 0) is 104 Å². The van der Waals surface area contributed by atoms with Gasteiger partial charge in [-0.3, -0.25) is 48.9 Å². The largest absolute Gasteiger partial charge is 0.489 e. The summed E-state index contributed by atoms with van der Waals surface area (Å²) in [6.07, 6.45) is 7.42. The number of piperidine rings is 1. The van der Waals surface area contributed by atoms with Crippen molar-refractivity contribution in [1.82, 2.24) is 25.4 Å². The number of carbonyl (C=O) groups excluding carboxylic acids is 6. The summed E-state index contributed by atoms with van der Waals surface area (Å²) < 4.78 is 20.5. The highest BCUT2D eigenvalue weighted by Gasteiger charge is 2.46. The van der Waals surface area contributed by atoms with E-state index in [1.807, 2.05) is 22.8 Å². The first-order chi connectivity index (χ1) is 31.4. The maximum atomic E-state index is 14.1. The minimum absolute atomic E-state index is 0.0494. The van der Waals surface area contributed by atoms with Gasteiger partial charge in [0.1, 0.15) is 23.7 Å². The van der Waals surface area contributed by atoms with Crippen molar-refractivity contribution in [3.05, 3.63) is 94.4 Å². The predicted octanol–water partition coefficient (Wildman–Crippen LogP) is 6.85. The Morgan fingerprint density at radius 1 is 0.938 bits per heavy atom. The number of aromatic nitrogens is 1. The van der Waals surface area contributed by atoms with Crippen LogP contribution in [0.1, 0.15) is 104 Å². The minimum Gasteiger partial charge on any atom is -0.489 e. The molecule has 1 aromatic heterocycles. The van der Waals surface area contributed by atoms with E-state index in [-0.39, 0.29) is 72.0 Å². The van der Waals surface area contributed by atoms with Gasteiger partial charge in [0.15, 0.2) is 0 Å². The molecule has 4 aliphatic rings. The molecule has 3 atom stereocenters. The predicted molar refractivity (Wildman–Crippen MR) is 244 cm³/mol. The molecule has 1 saturated carbocycles. The zero-order chi connectivity index (χ0) is 45.8. The van der Waals surface area contributed by atoms with Crippen LogP contribution in [0.25, 0.3) is 10.9 Å². The lowest BCUT2D eigenvalue weighted by Crippen LogP contribution is -2.54. The number of nitrogens with zero attached hydrogens (tertiary/aromatic N) is 4. The van der Waals surface area contributed by atoms with E-state index in [2.05, 4.69) is 27.9 Å². The Bertz CT molecular complexity index is 2490. The van der Waals surface area contributed by atoms with E-state index in [1.165, 1.54) is 6.07 Å². The number of ether oxygens (including phenoxy) is 1. The van der Waals surface area contributed by atoms with Crippen LogP contribution in [0.5, 0.6) is 5.75 Å². The average molecular weight is 908 g/mol. The van der Waals surface area contributed by atoms with Crippen LogP contribution in [0.4, 0.5) is 15.8 Å². The number of carbonyl (C=O) groups is 6. The van der Waals surface area contributed by atoms with Gasteiger partial charge in [0.2, 0.25) is 23.6 Å². The number of nitrogens with one attached hydrogen (secondary N) is 3. The van der Waals surface area contributed by atoms with Crippen molar-refractivity contribution in [3.63, 3.8) is 0 Å². The maximum Gasteiger partial charge on any atom is 0.264 e. The van der Waals surface area contributed by atoms with Crippen molar-refractivity contribution in [3.8, 4) is 5.75 Å². The van der Waals surface area contributed by atoms with Crippen molar-refractivity contribution < 1.29 is 37.9 Å². The van der Waals surface area contributed by atoms with E-state index in [0.29, 0.717) is 61.3 Å². The Morgan fingerprint density at radius 2 is 1.72 bits per heavy atom. The maximum absolute atomic E-state index is 14.1. The average Bonchev–Trinajstić information content (AvgIpc) is 3.55. The zero-order valence-corrected chi connectivity index (χ0v) is 37.5. The van der Waals surface area contributed by atoms with Gasteiger partial charge in [0.25, 0.3) is 11.8 Å². The zero-order valence-electron chi connectivity index (χ0n) is 36.7. The van der Waals surface area contributed by atoms with Crippen LogP contribution < -0.4 is 25.6 Å². The third-order valence-corrected chi connectivity index (χ3v) is 13.8. The van der Waals surface area contributed by atoms with Crippen LogP contribution in [-0.4, -0.2) is 102 Å². The van der Waals surface area contributed by atoms with Crippen molar-refractivity contribution in [2.24, 2.45) is 11.8 Å². The van der Waals surface area contributed by atoms with Crippen LogP contribution in [0.15, 0.2) is 66.9 Å². The lowest BCUT2D eigenvalue weighted by Gasteiger charge is -2.36. The van der Waals surface area contributed by atoms with E-state index < -0.39 is 29.7 Å². The normalized spacial score (nSPS) is 21.2. The molecule has 3 aliphatic heterocycles. The van der Waals surface area contributed by atoms with E-state index in [0.717, 1.165) is 59.9 Å². The Labute approximate surface area is 382 Å². The lowest BCUT2D eigenvalue weighted by molar-refractivity contribution is -0.136. The third kappa shape index (κ3) is 10.2. The fourth-order valence-corrected chi connectivity index (χ4v) is 10.0. The van der Waals surface area contributed by atoms with E-state index in [9.17, 15) is 33.2 Å². The van der Waals surface area contributed by atoms with Crippen LogP contribution in [0.2, 0.25) is 5.02 Å². The van der Waals surface area contributed by atoms with Crippen LogP contribution in [-0.2, 0) is 19.2 Å². The first kappa shape index (κ1) is 45.6. The molecule has 16 heteroatoms. The third-order valence-electron chi connectivity index (χ3n) is 13.5. The topological polar surface area (TPSA) is 170 Å². The Kier molecular flexibility index (Phi) is 14.1. The molecule has 14 nitrogen and oxygen atoms in total. The molecule has 8 rings (SSSR count). The number of piperazine rings is 1. The molecule has 0 radical (unpaired) electrons. The summed E-state index contributed by atoms with van der Waals surface area (Å²) in [5.74, 6) is -1.89. The molecular weight excluding hydrogens is 853 g/mol. The number of hydrogen-bond donors (Lipinski definition) is 3. The number of halogens is 2. The van der Waals surface area contributed by atoms with Crippen molar-refractivity contribution in [2.45, 2.75) is 89.7 Å². The summed E-state index contributed by atoms with van der Waals surface area (Å²) in [5, 5.41) is 9.62. The number of benzene rings is 3. The van der Waals surface area contributed by atoms with Crippen molar-refractivity contribution >= 4 is 69.3 Å². The number of rotatable bonds is 15. The lowest BCUT2D eigenvalue weighted by atomic mass is 9.73. The second kappa shape index (κ2) is 20.1. The summed E-state index contributed by atoms with van der Waals surface area (Å²) in [4.78, 5) is 87.3.